The van der Waals surface area contributed by atoms with E-state index in [9.17, 15) is 18.4 Å². The number of nitrogens with one attached hydrogen (secondary N) is 2. The van der Waals surface area contributed by atoms with E-state index < -0.39 is 23.4 Å². The predicted octanol–water partition coefficient (Wildman–Crippen LogP) is 4.27. The Kier molecular flexibility index (Phi) is 6.41. The van der Waals surface area contributed by atoms with Gasteiger partial charge in [-0.2, -0.15) is 0 Å². The van der Waals surface area contributed by atoms with Gasteiger partial charge >= 0.3 is 0 Å². The summed E-state index contributed by atoms with van der Waals surface area (Å²) < 4.78 is 32.1. The summed E-state index contributed by atoms with van der Waals surface area (Å²) in [6.45, 7) is 0.296. The lowest BCUT2D eigenvalue weighted by Gasteiger charge is -2.09. The van der Waals surface area contributed by atoms with Crippen LogP contribution in [0.25, 0.3) is 0 Å². The van der Waals surface area contributed by atoms with E-state index in [2.05, 4.69) is 10.9 Å². The Morgan fingerprint density at radius 3 is 2.17 bits per heavy atom. The zero-order chi connectivity index (χ0) is 20.8. The van der Waals surface area contributed by atoms with Crippen molar-refractivity contribution in [2.45, 2.75) is 6.61 Å². The molecule has 0 bridgehead atoms. The fraction of sp³-hybridized carbons (Fsp3) is 0.0476. The number of rotatable bonds is 5. The molecule has 0 saturated carbocycles. The van der Waals surface area contributed by atoms with Gasteiger partial charge in [-0.05, 0) is 54.1 Å². The van der Waals surface area contributed by atoms with E-state index >= 15 is 0 Å². The zero-order valence-corrected chi connectivity index (χ0v) is 15.7. The van der Waals surface area contributed by atoms with Crippen LogP contribution in [0.1, 0.15) is 26.3 Å². The number of amides is 2. The number of halogens is 3. The summed E-state index contributed by atoms with van der Waals surface area (Å²) in [5.74, 6) is -2.66. The summed E-state index contributed by atoms with van der Waals surface area (Å²) >= 11 is 5.82. The second kappa shape index (κ2) is 9.16. The van der Waals surface area contributed by atoms with Crippen molar-refractivity contribution in [3.05, 3.63) is 100 Å². The van der Waals surface area contributed by atoms with Crippen LogP contribution in [0.3, 0.4) is 0 Å². The highest BCUT2D eigenvalue weighted by molar-refractivity contribution is 6.30. The average Bonchev–Trinajstić information content (AvgIpc) is 2.72. The van der Waals surface area contributed by atoms with Gasteiger partial charge in [0.2, 0.25) is 0 Å². The van der Waals surface area contributed by atoms with Crippen molar-refractivity contribution in [3.8, 4) is 5.75 Å². The summed E-state index contributed by atoms with van der Waals surface area (Å²) in [6.07, 6.45) is 0. The van der Waals surface area contributed by atoms with Crippen molar-refractivity contribution in [2.75, 3.05) is 0 Å². The van der Waals surface area contributed by atoms with Gasteiger partial charge in [0.25, 0.3) is 11.8 Å². The van der Waals surface area contributed by atoms with E-state index in [1.54, 1.807) is 48.5 Å². The maximum atomic E-state index is 13.6. The highest BCUT2D eigenvalue weighted by Crippen LogP contribution is 2.17. The topological polar surface area (TPSA) is 67.4 Å². The Morgan fingerprint density at radius 2 is 1.52 bits per heavy atom. The molecule has 8 heteroatoms. The Morgan fingerprint density at radius 1 is 0.862 bits per heavy atom. The molecule has 148 valence electrons. The van der Waals surface area contributed by atoms with Crippen LogP contribution >= 0.6 is 11.6 Å². The van der Waals surface area contributed by atoms with Gasteiger partial charge in [-0.3, -0.25) is 20.4 Å². The number of carbonyl (C=O) groups is 2. The molecular formula is C21H15ClF2N2O3. The van der Waals surface area contributed by atoms with E-state index in [4.69, 9.17) is 16.3 Å². The van der Waals surface area contributed by atoms with E-state index in [1.807, 2.05) is 0 Å². The minimum Gasteiger partial charge on any atom is -0.489 e. The van der Waals surface area contributed by atoms with Gasteiger partial charge in [-0.1, -0.05) is 23.7 Å². The third-order valence-electron chi connectivity index (χ3n) is 3.90. The molecule has 0 spiro atoms. The minimum absolute atomic E-state index is 0.278. The van der Waals surface area contributed by atoms with Crippen LogP contribution in [0.4, 0.5) is 8.78 Å². The van der Waals surface area contributed by atoms with Crippen molar-refractivity contribution in [1.82, 2.24) is 10.9 Å². The van der Waals surface area contributed by atoms with Gasteiger partial charge in [0.1, 0.15) is 24.0 Å². The van der Waals surface area contributed by atoms with Crippen molar-refractivity contribution in [2.24, 2.45) is 0 Å². The Balaban J connectivity index is 1.53. The van der Waals surface area contributed by atoms with Crippen LogP contribution < -0.4 is 15.6 Å². The maximum absolute atomic E-state index is 13.6. The molecule has 0 atom stereocenters. The summed E-state index contributed by atoms with van der Waals surface area (Å²) in [4.78, 5) is 24.0. The minimum atomic E-state index is -1.03. The molecule has 0 unspecified atom stereocenters. The van der Waals surface area contributed by atoms with Crippen LogP contribution in [-0.4, -0.2) is 11.8 Å². The first-order valence-corrected chi connectivity index (χ1v) is 8.83. The second-order valence-corrected chi connectivity index (χ2v) is 6.41. The van der Waals surface area contributed by atoms with Crippen LogP contribution in [0.2, 0.25) is 5.02 Å². The third kappa shape index (κ3) is 5.52. The van der Waals surface area contributed by atoms with Crippen molar-refractivity contribution >= 4 is 23.4 Å². The van der Waals surface area contributed by atoms with Crippen molar-refractivity contribution < 1.29 is 23.1 Å². The van der Waals surface area contributed by atoms with Gasteiger partial charge in [-0.15, -0.1) is 0 Å². The second-order valence-electron chi connectivity index (χ2n) is 5.97. The van der Waals surface area contributed by atoms with E-state index in [0.29, 0.717) is 23.4 Å². The first-order valence-electron chi connectivity index (χ1n) is 8.45. The van der Waals surface area contributed by atoms with Crippen LogP contribution in [0, 0.1) is 11.6 Å². The van der Waals surface area contributed by atoms with Gasteiger partial charge < -0.3 is 4.74 Å². The molecule has 0 heterocycles. The number of hydrogen-bond acceptors (Lipinski definition) is 3. The van der Waals surface area contributed by atoms with Crippen molar-refractivity contribution in [1.29, 1.82) is 0 Å². The first kappa shape index (κ1) is 20.3. The molecule has 3 aromatic carbocycles. The fourth-order valence-electron chi connectivity index (χ4n) is 2.38. The van der Waals surface area contributed by atoms with E-state index in [1.165, 1.54) is 0 Å². The molecule has 0 saturated heterocycles. The lowest BCUT2D eigenvalue weighted by atomic mass is 10.1. The summed E-state index contributed by atoms with van der Waals surface area (Å²) in [6, 6.07) is 16.0. The average molecular weight is 417 g/mol. The quantitative estimate of drug-likeness (QED) is 0.610. The molecule has 0 aliphatic heterocycles. The SMILES string of the molecule is O=C(NNC(=O)c1ccc(F)cc1F)c1ccc(COc2ccc(Cl)cc2)cc1. The summed E-state index contributed by atoms with van der Waals surface area (Å²) in [7, 11) is 0. The molecule has 0 radical (unpaired) electrons. The highest BCUT2D eigenvalue weighted by Gasteiger charge is 2.14. The lowest BCUT2D eigenvalue weighted by Crippen LogP contribution is -2.41. The third-order valence-corrected chi connectivity index (χ3v) is 4.15. The van der Waals surface area contributed by atoms with Gasteiger partial charge in [-0.25, -0.2) is 8.78 Å². The Labute approximate surface area is 170 Å². The molecule has 0 aliphatic rings. The molecule has 29 heavy (non-hydrogen) atoms. The molecule has 3 rings (SSSR count). The van der Waals surface area contributed by atoms with Crippen LogP contribution in [0.5, 0.6) is 5.75 Å². The van der Waals surface area contributed by atoms with Crippen LogP contribution in [0.15, 0.2) is 66.7 Å². The number of benzene rings is 3. The Hall–Kier alpha value is -3.45. The molecule has 0 aromatic heterocycles. The number of hydrogen-bond donors (Lipinski definition) is 2. The summed E-state index contributed by atoms with van der Waals surface area (Å²) in [5.41, 5.74) is 4.98. The molecule has 0 aliphatic carbocycles. The van der Waals surface area contributed by atoms with Gasteiger partial charge in [0.05, 0.1) is 5.56 Å². The van der Waals surface area contributed by atoms with E-state index in [0.717, 1.165) is 17.7 Å². The highest BCUT2D eigenvalue weighted by atomic mass is 35.5. The monoisotopic (exact) mass is 416 g/mol. The first-order chi connectivity index (χ1) is 13.9. The van der Waals surface area contributed by atoms with Crippen molar-refractivity contribution in [3.63, 3.8) is 0 Å². The maximum Gasteiger partial charge on any atom is 0.272 e. The van der Waals surface area contributed by atoms with Gasteiger partial charge in [0.15, 0.2) is 0 Å². The fourth-order valence-corrected chi connectivity index (χ4v) is 2.50. The molecule has 5 nitrogen and oxygen atoms in total. The largest absolute Gasteiger partial charge is 0.489 e. The molecule has 0 fully saturated rings. The smallest absolute Gasteiger partial charge is 0.272 e. The molecule has 3 aromatic rings. The normalized spacial score (nSPS) is 10.3. The number of carbonyl (C=O) groups excluding carboxylic acids is 2. The lowest BCUT2D eigenvalue weighted by molar-refractivity contribution is 0.0844. The predicted molar refractivity (Wildman–Crippen MR) is 104 cm³/mol. The number of ether oxygens (including phenoxy) is 1. The standard InChI is InChI=1S/C21H15ClF2N2O3/c22-15-5-8-17(9-6-15)29-12-13-1-3-14(4-2-13)20(27)25-26-21(28)18-10-7-16(23)11-19(18)24/h1-11H,12H2,(H,25,27)(H,26,28). The molecule has 2 amide bonds. The zero-order valence-electron chi connectivity index (χ0n) is 14.9. The number of hydrazine groups is 1. The summed E-state index contributed by atoms with van der Waals surface area (Å²) in [5, 5.41) is 0.613. The molecule has 2 N–H and O–H groups in total. The van der Waals surface area contributed by atoms with E-state index in [-0.39, 0.29) is 11.1 Å². The van der Waals surface area contributed by atoms with Crippen LogP contribution in [-0.2, 0) is 6.61 Å². The van der Waals surface area contributed by atoms with Gasteiger partial charge in [0, 0.05) is 16.7 Å². The molecular weight excluding hydrogens is 402 g/mol. The Bertz CT molecular complexity index is 1030.